The van der Waals surface area contributed by atoms with Crippen LogP contribution in [0.15, 0.2) is 0 Å². The summed E-state index contributed by atoms with van der Waals surface area (Å²) in [6.45, 7) is 0. The Morgan fingerprint density at radius 1 is 1.17 bits per heavy atom. The van der Waals surface area contributed by atoms with E-state index in [1.54, 1.807) is 0 Å². The van der Waals surface area contributed by atoms with Gasteiger partial charge in [0, 0.05) is 12.5 Å². The number of quaternary nitrogens is 1. The fourth-order valence-electron chi connectivity index (χ4n) is 1.90. The first-order chi connectivity index (χ1) is 5.00. The third kappa shape index (κ3) is 3.30. The molecule has 0 spiro atoms. The van der Waals surface area contributed by atoms with Gasteiger partial charge in [0.1, 0.15) is 0 Å². The molecule has 0 saturated heterocycles. The van der Waals surface area contributed by atoms with Crippen LogP contribution in [0.3, 0.4) is 0 Å². The van der Waals surface area contributed by atoms with Gasteiger partial charge in [0.25, 0.3) is 0 Å². The summed E-state index contributed by atoms with van der Waals surface area (Å²) in [7, 11) is 6.80. The lowest BCUT2D eigenvalue weighted by Crippen LogP contribution is -2.49. The van der Waals surface area contributed by atoms with Gasteiger partial charge in [0.15, 0.2) is 0 Å². The Balaban J connectivity index is 0.00000121. The lowest BCUT2D eigenvalue weighted by Gasteiger charge is -2.38. The zero-order chi connectivity index (χ0) is 8.48. The van der Waals surface area contributed by atoms with Gasteiger partial charge in [-0.3, -0.25) is 0 Å². The molecule has 1 rings (SSSR count). The van der Waals surface area contributed by atoms with Gasteiger partial charge in [0.2, 0.25) is 0 Å². The molecule has 0 bridgehead atoms. The van der Waals surface area contributed by atoms with Crippen molar-refractivity contribution in [3.63, 3.8) is 0 Å². The van der Waals surface area contributed by atoms with E-state index in [1.165, 1.54) is 25.7 Å². The Hall–Kier alpha value is 0.210. The van der Waals surface area contributed by atoms with Crippen LogP contribution in [0.25, 0.3) is 0 Å². The first-order valence-corrected chi connectivity index (χ1v) is 4.57. The highest BCUT2D eigenvalue weighted by Crippen LogP contribution is 2.23. The maximum absolute atomic E-state index is 5.91. The molecule has 1 aliphatic rings. The minimum Gasteiger partial charge on any atom is -0.328 e. The van der Waals surface area contributed by atoms with Crippen LogP contribution < -0.4 is 5.73 Å². The molecule has 74 valence electrons. The van der Waals surface area contributed by atoms with Crippen molar-refractivity contribution in [3.05, 3.63) is 0 Å². The lowest BCUT2D eigenvalue weighted by molar-refractivity contribution is -0.897. The van der Waals surface area contributed by atoms with Crippen molar-refractivity contribution in [1.82, 2.24) is 0 Å². The number of nitrogens with zero attached hydrogens (tertiary/aromatic N) is 1. The van der Waals surface area contributed by atoms with Crippen molar-refractivity contribution in [3.8, 4) is 0 Å². The molecule has 12 heavy (non-hydrogen) atoms. The lowest BCUT2D eigenvalue weighted by atomic mass is 9.90. The zero-order valence-electron chi connectivity index (χ0n) is 8.42. The highest BCUT2D eigenvalue weighted by molar-refractivity contribution is 5.85. The minimum atomic E-state index is 0. The van der Waals surface area contributed by atoms with E-state index in [1.807, 2.05) is 0 Å². The maximum atomic E-state index is 5.91. The minimum absolute atomic E-state index is 0. The number of hydrogen-bond donors (Lipinski definition) is 1. The molecule has 2 atom stereocenters. The second-order valence-corrected chi connectivity index (χ2v) is 4.70. The maximum Gasteiger partial charge on any atom is 0.0899 e. The van der Waals surface area contributed by atoms with Crippen molar-refractivity contribution in [2.75, 3.05) is 21.1 Å². The molecule has 2 N–H and O–H groups in total. The van der Waals surface area contributed by atoms with Gasteiger partial charge >= 0.3 is 0 Å². The SMILES string of the molecule is C[N+](C)(C)C1CCCC(N)C1.Cl. The Morgan fingerprint density at radius 2 is 1.75 bits per heavy atom. The van der Waals surface area contributed by atoms with E-state index in [-0.39, 0.29) is 12.4 Å². The molecule has 2 unspecified atom stereocenters. The summed E-state index contributed by atoms with van der Waals surface area (Å²) in [6.07, 6.45) is 5.12. The Bertz CT molecular complexity index is 131. The van der Waals surface area contributed by atoms with Crippen LogP contribution in [-0.4, -0.2) is 37.7 Å². The number of hydrogen-bond acceptors (Lipinski definition) is 1. The highest BCUT2D eigenvalue weighted by atomic mass is 35.5. The Kier molecular flexibility index (Phi) is 4.53. The molecule has 0 amide bonds. The average Bonchev–Trinajstić information content (AvgIpc) is 1.86. The normalized spacial score (nSPS) is 31.0. The molecule has 0 aliphatic heterocycles. The van der Waals surface area contributed by atoms with Crippen LogP contribution >= 0.6 is 12.4 Å². The summed E-state index contributed by atoms with van der Waals surface area (Å²) in [5.74, 6) is 0. The topological polar surface area (TPSA) is 26.0 Å². The fraction of sp³-hybridized carbons (Fsp3) is 1.00. The molecule has 3 heteroatoms. The molecule has 0 aromatic rings. The van der Waals surface area contributed by atoms with Crippen LogP contribution in [0.1, 0.15) is 25.7 Å². The molecular weight excluding hydrogens is 172 g/mol. The van der Waals surface area contributed by atoms with Crippen LogP contribution in [0.4, 0.5) is 0 Å². The summed E-state index contributed by atoms with van der Waals surface area (Å²) >= 11 is 0. The van der Waals surface area contributed by atoms with Gasteiger partial charge in [-0.1, -0.05) is 0 Å². The molecule has 2 nitrogen and oxygen atoms in total. The second kappa shape index (κ2) is 4.45. The molecule has 1 fully saturated rings. The molecule has 0 aromatic carbocycles. The fourth-order valence-corrected chi connectivity index (χ4v) is 1.90. The third-order valence-corrected chi connectivity index (χ3v) is 2.78. The summed E-state index contributed by atoms with van der Waals surface area (Å²) < 4.78 is 1.08. The van der Waals surface area contributed by atoms with E-state index in [9.17, 15) is 0 Å². The molecular formula is C9H22ClN2+. The molecule has 0 aromatic heterocycles. The monoisotopic (exact) mass is 193 g/mol. The second-order valence-electron chi connectivity index (χ2n) is 4.70. The summed E-state index contributed by atoms with van der Waals surface area (Å²) in [6, 6.07) is 1.25. The van der Waals surface area contributed by atoms with E-state index in [0.717, 1.165) is 10.5 Å². The predicted octanol–water partition coefficient (Wildman–Crippen LogP) is 1.38. The van der Waals surface area contributed by atoms with Crippen molar-refractivity contribution in [2.24, 2.45) is 5.73 Å². The summed E-state index contributed by atoms with van der Waals surface area (Å²) in [5.41, 5.74) is 5.91. The third-order valence-electron chi connectivity index (χ3n) is 2.78. The zero-order valence-corrected chi connectivity index (χ0v) is 9.23. The van der Waals surface area contributed by atoms with E-state index >= 15 is 0 Å². The quantitative estimate of drug-likeness (QED) is 0.626. The van der Waals surface area contributed by atoms with Gasteiger partial charge in [-0.15, -0.1) is 12.4 Å². The van der Waals surface area contributed by atoms with Gasteiger partial charge in [0.05, 0.1) is 27.2 Å². The van der Waals surface area contributed by atoms with Crippen molar-refractivity contribution >= 4 is 12.4 Å². The standard InChI is InChI=1S/C9H21N2.ClH/c1-11(2,3)9-6-4-5-8(10)7-9;/h8-9H,4-7,10H2,1-3H3;1H/q+1;. The molecule has 1 aliphatic carbocycles. The van der Waals surface area contributed by atoms with Crippen LogP contribution in [0, 0.1) is 0 Å². The van der Waals surface area contributed by atoms with Gasteiger partial charge < -0.3 is 10.2 Å². The van der Waals surface area contributed by atoms with Gasteiger partial charge in [-0.05, 0) is 19.3 Å². The number of rotatable bonds is 1. The van der Waals surface area contributed by atoms with E-state index < -0.39 is 0 Å². The largest absolute Gasteiger partial charge is 0.328 e. The molecule has 1 saturated carbocycles. The highest BCUT2D eigenvalue weighted by Gasteiger charge is 2.28. The van der Waals surface area contributed by atoms with Crippen molar-refractivity contribution < 1.29 is 4.48 Å². The van der Waals surface area contributed by atoms with E-state index in [4.69, 9.17) is 5.73 Å². The number of nitrogens with two attached hydrogens (primary N) is 1. The number of halogens is 1. The summed E-state index contributed by atoms with van der Waals surface area (Å²) in [4.78, 5) is 0. The van der Waals surface area contributed by atoms with Crippen molar-refractivity contribution in [2.45, 2.75) is 37.8 Å². The molecule has 0 radical (unpaired) electrons. The smallest absolute Gasteiger partial charge is 0.0899 e. The van der Waals surface area contributed by atoms with Crippen LogP contribution in [-0.2, 0) is 0 Å². The molecule has 0 heterocycles. The summed E-state index contributed by atoms with van der Waals surface area (Å²) in [5, 5.41) is 0. The van der Waals surface area contributed by atoms with Gasteiger partial charge in [-0.2, -0.15) is 0 Å². The van der Waals surface area contributed by atoms with E-state index in [0.29, 0.717) is 6.04 Å². The van der Waals surface area contributed by atoms with Gasteiger partial charge in [-0.25, -0.2) is 0 Å². The first kappa shape index (κ1) is 12.2. The van der Waals surface area contributed by atoms with E-state index in [2.05, 4.69) is 21.1 Å². The van der Waals surface area contributed by atoms with Crippen LogP contribution in [0.5, 0.6) is 0 Å². The first-order valence-electron chi connectivity index (χ1n) is 4.57. The Labute approximate surface area is 82.1 Å². The van der Waals surface area contributed by atoms with Crippen LogP contribution in [0.2, 0.25) is 0 Å². The Morgan fingerprint density at radius 3 is 2.08 bits per heavy atom. The predicted molar refractivity (Wildman–Crippen MR) is 55.5 cm³/mol. The van der Waals surface area contributed by atoms with Crippen molar-refractivity contribution in [1.29, 1.82) is 0 Å². The average molecular weight is 194 g/mol.